The molecule has 0 aliphatic carbocycles. The molecule has 6 heteroatoms. The number of carbonyl (C=O) groups is 3. The van der Waals surface area contributed by atoms with Crippen molar-refractivity contribution in [3.05, 3.63) is 35.9 Å². The molecule has 0 unspecified atom stereocenters. The molecule has 0 fully saturated rings. The maximum Gasteiger partial charge on any atom is 0.330 e. The fourth-order valence-corrected chi connectivity index (χ4v) is 1.86. The molecular formula is C15H20N2O4. The summed E-state index contributed by atoms with van der Waals surface area (Å²) in [5, 5.41) is 14.3. The van der Waals surface area contributed by atoms with Crippen molar-refractivity contribution in [2.45, 2.75) is 32.2 Å². The second kappa shape index (κ2) is 8.73. The van der Waals surface area contributed by atoms with Crippen LogP contribution >= 0.6 is 0 Å². The van der Waals surface area contributed by atoms with Gasteiger partial charge in [0, 0.05) is 19.4 Å². The highest BCUT2D eigenvalue weighted by atomic mass is 16.4. The molecule has 1 aromatic carbocycles. The topological polar surface area (TPSA) is 95.5 Å². The Labute approximate surface area is 123 Å². The Bertz CT molecular complexity index is 488. The molecule has 1 atom stereocenters. The van der Waals surface area contributed by atoms with Gasteiger partial charge in [-0.3, -0.25) is 9.59 Å². The summed E-state index contributed by atoms with van der Waals surface area (Å²) in [7, 11) is 0. The van der Waals surface area contributed by atoms with Crippen LogP contribution < -0.4 is 10.6 Å². The first-order valence-electron chi connectivity index (χ1n) is 6.88. The standard InChI is InChI=1S/C15H20N2O4/c1-2-16-12(18)9-6-10-13(19)17-14(15(20)21)11-7-4-3-5-8-11/h3-5,7-8,14H,2,6,9-10H2,1H3,(H,16,18)(H,17,19)(H,20,21)/t14-/m0/s1. The van der Waals surface area contributed by atoms with E-state index in [1.165, 1.54) is 0 Å². The first-order valence-corrected chi connectivity index (χ1v) is 6.88. The first kappa shape index (κ1) is 16.7. The van der Waals surface area contributed by atoms with Crippen molar-refractivity contribution in [3.63, 3.8) is 0 Å². The Morgan fingerprint density at radius 3 is 2.29 bits per heavy atom. The lowest BCUT2D eigenvalue weighted by molar-refractivity contribution is -0.142. The van der Waals surface area contributed by atoms with Crippen molar-refractivity contribution in [1.29, 1.82) is 0 Å². The number of amides is 2. The average Bonchev–Trinajstić information content (AvgIpc) is 2.45. The van der Waals surface area contributed by atoms with Crippen LogP contribution in [0.25, 0.3) is 0 Å². The zero-order valence-electron chi connectivity index (χ0n) is 12.0. The van der Waals surface area contributed by atoms with Crippen LogP contribution in [0.5, 0.6) is 0 Å². The Morgan fingerprint density at radius 2 is 1.71 bits per heavy atom. The predicted octanol–water partition coefficient (Wildman–Crippen LogP) is 1.23. The van der Waals surface area contributed by atoms with E-state index in [2.05, 4.69) is 10.6 Å². The summed E-state index contributed by atoms with van der Waals surface area (Å²) >= 11 is 0. The number of benzene rings is 1. The summed E-state index contributed by atoms with van der Waals surface area (Å²) in [5.41, 5.74) is 0.516. The number of rotatable bonds is 8. The summed E-state index contributed by atoms with van der Waals surface area (Å²) in [5.74, 6) is -1.60. The summed E-state index contributed by atoms with van der Waals surface area (Å²) in [6.45, 7) is 2.38. The van der Waals surface area contributed by atoms with Gasteiger partial charge >= 0.3 is 5.97 Å². The largest absolute Gasteiger partial charge is 0.479 e. The molecule has 1 aromatic rings. The number of carbonyl (C=O) groups excluding carboxylic acids is 2. The second-order valence-corrected chi connectivity index (χ2v) is 4.56. The number of carboxylic acid groups (broad SMARTS) is 1. The van der Waals surface area contributed by atoms with Gasteiger partial charge in [0.15, 0.2) is 6.04 Å². The quantitative estimate of drug-likeness (QED) is 0.671. The molecule has 0 heterocycles. The SMILES string of the molecule is CCNC(=O)CCCC(=O)N[C@H](C(=O)O)c1ccccc1. The molecule has 0 aliphatic rings. The molecule has 0 spiro atoms. The van der Waals surface area contributed by atoms with Crippen molar-refractivity contribution in [1.82, 2.24) is 10.6 Å². The van der Waals surface area contributed by atoms with Gasteiger partial charge in [-0.2, -0.15) is 0 Å². The maximum absolute atomic E-state index is 11.8. The van der Waals surface area contributed by atoms with Gasteiger partial charge in [-0.05, 0) is 18.9 Å². The number of hydrogen-bond donors (Lipinski definition) is 3. The minimum Gasteiger partial charge on any atom is -0.479 e. The van der Waals surface area contributed by atoms with E-state index >= 15 is 0 Å². The zero-order valence-corrected chi connectivity index (χ0v) is 12.0. The molecule has 0 aromatic heterocycles. The second-order valence-electron chi connectivity index (χ2n) is 4.56. The third kappa shape index (κ3) is 6.07. The van der Waals surface area contributed by atoms with Crippen LogP contribution in [0.15, 0.2) is 30.3 Å². The highest BCUT2D eigenvalue weighted by Gasteiger charge is 2.21. The number of nitrogens with one attached hydrogen (secondary N) is 2. The van der Waals surface area contributed by atoms with Crippen LogP contribution in [0.3, 0.4) is 0 Å². The molecule has 0 radical (unpaired) electrons. The van der Waals surface area contributed by atoms with E-state index in [-0.39, 0.29) is 24.7 Å². The highest BCUT2D eigenvalue weighted by Crippen LogP contribution is 2.13. The molecule has 2 amide bonds. The van der Waals surface area contributed by atoms with Crippen LogP contribution in [-0.2, 0) is 14.4 Å². The summed E-state index contributed by atoms with van der Waals surface area (Å²) < 4.78 is 0. The number of carboxylic acids is 1. The molecule has 1 rings (SSSR count). The normalized spacial score (nSPS) is 11.5. The van der Waals surface area contributed by atoms with Gasteiger partial charge in [-0.1, -0.05) is 30.3 Å². The third-order valence-electron chi connectivity index (χ3n) is 2.87. The Hall–Kier alpha value is -2.37. The number of aliphatic carboxylic acids is 1. The Balaban J connectivity index is 2.47. The van der Waals surface area contributed by atoms with E-state index < -0.39 is 12.0 Å². The Morgan fingerprint density at radius 1 is 1.10 bits per heavy atom. The van der Waals surface area contributed by atoms with Gasteiger partial charge in [0.05, 0.1) is 0 Å². The minimum absolute atomic E-state index is 0.108. The zero-order chi connectivity index (χ0) is 15.7. The fourth-order valence-electron chi connectivity index (χ4n) is 1.86. The molecular weight excluding hydrogens is 272 g/mol. The monoisotopic (exact) mass is 292 g/mol. The van der Waals surface area contributed by atoms with E-state index in [4.69, 9.17) is 0 Å². The lowest BCUT2D eigenvalue weighted by Gasteiger charge is -2.14. The molecule has 114 valence electrons. The van der Waals surface area contributed by atoms with Crippen molar-refractivity contribution in [3.8, 4) is 0 Å². The van der Waals surface area contributed by atoms with E-state index in [0.29, 0.717) is 18.5 Å². The molecule has 0 aliphatic heterocycles. The summed E-state index contributed by atoms with van der Waals surface area (Å²) in [4.78, 5) is 34.2. The highest BCUT2D eigenvalue weighted by molar-refractivity contribution is 5.85. The molecule has 3 N–H and O–H groups in total. The van der Waals surface area contributed by atoms with Crippen LogP contribution in [0.1, 0.15) is 37.8 Å². The van der Waals surface area contributed by atoms with E-state index in [1.54, 1.807) is 30.3 Å². The Kier molecular flexibility index (Phi) is 6.94. The molecule has 0 bridgehead atoms. The van der Waals surface area contributed by atoms with Gasteiger partial charge in [-0.15, -0.1) is 0 Å². The lowest BCUT2D eigenvalue weighted by Crippen LogP contribution is -2.33. The predicted molar refractivity (Wildman–Crippen MR) is 77.5 cm³/mol. The minimum atomic E-state index is -1.11. The molecule has 0 saturated heterocycles. The van der Waals surface area contributed by atoms with E-state index in [0.717, 1.165) is 0 Å². The van der Waals surface area contributed by atoms with Gasteiger partial charge in [0.25, 0.3) is 0 Å². The van der Waals surface area contributed by atoms with Crippen LogP contribution in [0.4, 0.5) is 0 Å². The summed E-state index contributed by atoms with van der Waals surface area (Å²) in [6, 6.07) is 7.43. The van der Waals surface area contributed by atoms with Gasteiger partial charge in [0.1, 0.15) is 0 Å². The van der Waals surface area contributed by atoms with Crippen molar-refractivity contribution >= 4 is 17.8 Å². The number of hydrogen-bond acceptors (Lipinski definition) is 3. The average molecular weight is 292 g/mol. The van der Waals surface area contributed by atoms with Crippen LogP contribution in [-0.4, -0.2) is 29.4 Å². The molecule has 21 heavy (non-hydrogen) atoms. The lowest BCUT2D eigenvalue weighted by atomic mass is 10.1. The first-order chi connectivity index (χ1) is 10.0. The third-order valence-corrected chi connectivity index (χ3v) is 2.87. The van der Waals surface area contributed by atoms with Gasteiger partial charge in [0.2, 0.25) is 11.8 Å². The van der Waals surface area contributed by atoms with Crippen molar-refractivity contribution in [2.24, 2.45) is 0 Å². The van der Waals surface area contributed by atoms with Crippen molar-refractivity contribution < 1.29 is 19.5 Å². The fraction of sp³-hybridized carbons (Fsp3) is 0.400. The smallest absolute Gasteiger partial charge is 0.330 e. The van der Waals surface area contributed by atoms with Crippen LogP contribution in [0, 0.1) is 0 Å². The molecule has 6 nitrogen and oxygen atoms in total. The maximum atomic E-state index is 11.8. The van der Waals surface area contributed by atoms with Gasteiger partial charge < -0.3 is 15.7 Å². The summed E-state index contributed by atoms with van der Waals surface area (Å²) in [6.07, 6.45) is 0.761. The molecule has 0 saturated carbocycles. The van der Waals surface area contributed by atoms with Gasteiger partial charge in [-0.25, -0.2) is 4.79 Å². The van der Waals surface area contributed by atoms with E-state index in [1.807, 2.05) is 6.92 Å². The van der Waals surface area contributed by atoms with E-state index in [9.17, 15) is 19.5 Å². The van der Waals surface area contributed by atoms with Crippen molar-refractivity contribution in [2.75, 3.05) is 6.54 Å². The van der Waals surface area contributed by atoms with Crippen LogP contribution in [0.2, 0.25) is 0 Å².